The first-order valence-corrected chi connectivity index (χ1v) is 6.90. The summed E-state index contributed by atoms with van der Waals surface area (Å²) in [5.41, 5.74) is 6.86. The fourth-order valence-corrected chi connectivity index (χ4v) is 2.48. The van der Waals surface area contributed by atoms with Gasteiger partial charge in [0.05, 0.1) is 17.3 Å². The van der Waals surface area contributed by atoms with Crippen LogP contribution in [-0.4, -0.2) is 12.0 Å². The summed E-state index contributed by atoms with van der Waals surface area (Å²) in [4.78, 5) is 1.74. The molecule has 2 nitrogen and oxygen atoms in total. The highest BCUT2D eigenvalue weighted by Crippen LogP contribution is 2.30. The largest absolute Gasteiger partial charge is 0.389 e. The van der Waals surface area contributed by atoms with Crippen molar-refractivity contribution in [3.8, 4) is 0 Å². The number of hydrogen-bond donors (Lipinski definition) is 1. The quantitative estimate of drug-likeness (QED) is 0.871. The van der Waals surface area contributed by atoms with Crippen molar-refractivity contribution >= 4 is 22.9 Å². The molecule has 0 amide bonds. The molecule has 0 spiro atoms. The van der Waals surface area contributed by atoms with Crippen molar-refractivity contribution in [3.63, 3.8) is 0 Å². The predicted octanol–water partition coefficient (Wildman–Crippen LogP) is 3.80. The van der Waals surface area contributed by atoms with Crippen molar-refractivity contribution in [3.05, 3.63) is 65.2 Å². The molecule has 21 heavy (non-hydrogen) atoms. The van der Waals surface area contributed by atoms with Gasteiger partial charge in [0.1, 0.15) is 16.6 Å². The van der Waals surface area contributed by atoms with Gasteiger partial charge in [-0.25, -0.2) is 8.78 Å². The van der Waals surface area contributed by atoms with Crippen LogP contribution in [-0.2, 0) is 0 Å². The molecule has 2 aromatic rings. The van der Waals surface area contributed by atoms with Gasteiger partial charge in [0.2, 0.25) is 0 Å². The van der Waals surface area contributed by atoms with E-state index in [0.29, 0.717) is 11.3 Å². The molecular weight excluding hydrogens is 290 g/mol. The monoisotopic (exact) mass is 306 g/mol. The van der Waals surface area contributed by atoms with Crippen LogP contribution >= 0.6 is 12.2 Å². The maximum absolute atomic E-state index is 13.9. The van der Waals surface area contributed by atoms with Gasteiger partial charge in [0, 0.05) is 12.6 Å². The topological polar surface area (TPSA) is 29.3 Å². The smallest absolute Gasteiger partial charge is 0.135 e. The molecular formula is C16H16F2N2S. The van der Waals surface area contributed by atoms with Crippen molar-refractivity contribution < 1.29 is 8.78 Å². The van der Waals surface area contributed by atoms with E-state index >= 15 is 0 Å². The number of nitrogens with two attached hydrogens (primary N) is 1. The van der Waals surface area contributed by atoms with Gasteiger partial charge >= 0.3 is 0 Å². The van der Waals surface area contributed by atoms with Crippen molar-refractivity contribution in [2.45, 2.75) is 13.0 Å². The molecule has 0 aliphatic heterocycles. The number of anilines is 1. The van der Waals surface area contributed by atoms with Crippen LogP contribution < -0.4 is 10.6 Å². The lowest BCUT2D eigenvalue weighted by Gasteiger charge is -2.29. The average molecular weight is 306 g/mol. The number of benzene rings is 2. The van der Waals surface area contributed by atoms with Crippen LogP contribution in [0.15, 0.2) is 42.5 Å². The Morgan fingerprint density at radius 2 is 1.71 bits per heavy atom. The molecule has 1 unspecified atom stereocenters. The maximum atomic E-state index is 13.9. The van der Waals surface area contributed by atoms with Crippen molar-refractivity contribution in [1.29, 1.82) is 0 Å². The van der Waals surface area contributed by atoms with Gasteiger partial charge in [-0.15, -0.1) is 0 Å². The summed E-state index contributed by atoms with van der Waals surface area (Å²) in [5, 5.41) is 0. The molecule has 2 N–H and O–H groups in total. The van der Waals surface area contributed by atoms with E-state index in [-0.39, 0.29) is 22.4 Å². The van der Waals surface area contributed by atoms with E-state index in [4.69, 9.17) is 18.0 Å². The minimum atomic E-state index is -0.479. The molecule has 110 valence electrons. The van der Waals surface area contributed by atoms with Gasteiger partial charge in [0.25, 0.3) is 0 Å². The Bertz CT molecular complexity index is 673. The van der Waals surface area contributed by atoms with Crippen molar-refractivity contribution in [1.82, 2.24) is 0 Å². The zero-order valence-electron chi connectivity index (χ0n) is 11.8. The number of halogens is 2. The van der Waals surface area contributed by atoms with E-state index in [9.17, 15) is 8.78 Å². The molecule has 2 rings (SSSR count). The van der Waals surface area contributed by atoms with E-state index in [2.05, 4.69) is 0 Å². The highest BCUT2D eigenvalue weighted by Gasteiger charge is 2.20. The Labute approximate surface area is 128 Å². The summed E-state index contributed by atoms with van der Waals surface area (Å²) in [6.07, 6.45) is 0. The van der Waals surface area contributed by atoms with Gasteiger partial charge in [-0.3, -0.25) is 0 Å². The fourth-order valence-electron chi connectivity index (χ4n) is 2.28. The van der Waals surface area contributed by atoms with Crippen LogP contribution in [0.3, 0.4) is 0 Å². The number of hydrogen-bond acceptors (Lipinski definition) is 2. The Balaban J connectivity index is 2.46. The van der Waals surface area contributed by atoms with E-state index in [0.717, 1.165) is 0 Å². The van der Waals surface area contributed by atoms with Crippen LogP contribution in [0.4, 0.5) is 14.5 Å². The Morgan fingerprint density at radius 1 is 1.10 bits per heavy atom. The second kappa shape index (κ2) is 6.18. The summed E-state index contributed by atoms with van der Waals surface area (Å²) in [7, 11) is 1.76. The first kappa shape index (κ1) is 15.4. The normalized spacial score (nSPS) is 12.0. The number of nitrogens with zero attached hydrogens (tertiary/aromatic N) is 1. The molecule has 0 aromatic heterocycles. The summed E-state index contributed by atoms with van der Waals surface area (Å²) < 4.78 is 27.8. The van der Waals surface area contributed by atoms with Crippen LogP contribution in [0.5, 0.6) is 0 Å². The first-order chi connectivity index (χ1) is 9.93. The van der Waals surface area contributed by atoms with Crippen LogP contribution in [0.2, 0.25) is 0 Å². The summed E-state index contributed by atoms with van der Waals surface area (Å²) >= 11 is 4.92. The minimum Gasteiger partial charge on any atom is -0.389 e. The third-order valence-corrected chi connectivity index (χ3v) is 3.76. The Kier molecular flexibility index (Phi) is 4.53. The van der Waals surface area contributed by atoms with Crippen molar-refractivity contribution in [2.24, 2.45) is 5.73 Å². The minimum absolute atomic E-state index is 0.0179. The maximum Gasteiger partial charge on any atom is 0.135 e. The lowest BCUT2D eigenvalue weighted by molar-refractivity contribution is 0.584. The lowest BCUT2D eigenvalue weighted by Crippen LogP contribution is -2.26. The molecule has 0 saturated carbocycles. The molecule has 0 fully saturated rings. The highest BCUT2D eigenvalue weighted by atomic mass is 32.1. The van der Waals surface area contributed by atoms with Gasteiger partial charge in [0.15, 0.2) is 0 Å². The van der Waals surface area contributed by atoms with E-state index in [1.807, 2.05) is 6.92 Å². The average Bonchev–Trinajstić information content (AvgIpc) is 2.45. The number of rotatable bonds is 4. The molecule has 0 heterocycles. The fraction of sp³-hybridized carbons (Fsp3) is 0.188. The summed E-state index contributed by atoms with van der Waals surface area (Å²) in [6, 6.07) is 10.8. The van der Waals surface area contributed by atoms with Crippen LogP contribution in [0.1, 0.15) is 24.1 Å². The third-order valence-electron chi connectivity index (χ3n) is 3.55. The van der Waals surface area contributed by atoms with Gasteiger partial charge in [-0.2, -0.15) is 0 Å². The Hall–Kier alpha value is -2.01. The van der Waals surface area contributed by atoms with E-state index in [1.54, 1.807) is 42.3 Å². The van der Waals surface area contributed by atoms with Crippen LogP contribution in [0.25, 0.3) is 0 Å². The van der Waals surface area contributed by atoms with Crippen LogP contribution in [0, 0.1) is 11.6 Å². The first-order valence-electron chi connectivity index (χ1n) is 6.49. The molecule has 1 atom stereocenters. The van der Waals surface area contributed by atoms with Gasteiger partial charge in [-0.05, 0) is 25.1 Å². The molecule has 0 saturated heterocycles. The Morgan fingerprint density at radius 3 is 2.33 bits per heavy atom. The molecule has 2 aromatic carbocycles. The zero-order valence-corrected chi connectivity index (χ0v) is 12.6. The van der Waals surface area contributed by atoms with Crippen molar-refractivity contribution in [2.75, 3.05) is 11.9 Å². The second-order valence-corrected chi connectivity index (χ2v) is 5.25. The highest BCUT2D eigenvalue weighted by molar-refractivity contribution is 7.80. The summed E-state index contributed by atoms with van der Waals surface area (Å²) in [6.45, 7) is 1.84. The van der Waals surface area contributed by atoms with E-state index < -0.39 is 5.82 Å². The lowest BCUT2D eigenvalue weighted by atomic mass is 10.0. The molecule has 0 bridgehead atoms. The standard InChI is InChI=1S/C16H16F2N2S/c1-10(11-6-3-4-7-12(11)17)20(2)14-9-5-8-13(18)15(14)16(19)21/h3-10H,1-2H3,(H2,19,21). The predicted molar refractivity (Wildman–Crippen MR) is 85.5 cm³/mol. The molecule has 0 aliphatic carbocycles. The van der Waals surface area contributed by atoms with E-state index in [1.165, 1.54) is 12.1 Å². The second-order valence-electron chi connectivity index (χ2n) is 4.81. The molecule has 0 radical (unpaired) electrons. The molecule has 0 aliphatic rings. The molecule has 5 heteroatoms. The number of thiocarbonyl (C=S) groups is 1. The SMILES string of the molecule is CC(c1ccccc1F)N(C)c1cccc(F)c1C(N)=S. The van der Waals surface area contributed by atoms with Gasteiger partial charge < -0.3 is 10.6 Å². The van der Waals surface area contributed by atoms with Gasteiger partial charge in [-0.1, -0.05) is 36.5 Å². The zero-order chi connectivity index (χ0) is 15.6. The third kappa shape index (κ3) is 3.03. The summed E-state index contributed by atoms with van der Waals surface area (Å²) in [5.74, 6) is -0.780.